The minimum absolute atomic E-state index is 0.0294. The number of ketones is 1. The number of nitrogens with two attached hydrogens (primary N) is 1. The molecule has 2 aromatic heterocycles. The third-order valence-electron chi connectivity index (χ3n) is 6.14. The number of carbonyl (C=O) groups is 1. The number of rotatable bonds is 5. The maximum Gasteiger partial charge on any atom is 0.416 e. The van der Waals surface area contributed by atoms with E-state index >= 15 is 0 Å². The molecule has 1 saturated heterocycles. The summed E-state index contributed by atoms with van der Waals surface area (Å²) < 4.78 is 45.9. The Bertz CT molecular complexity index is 1200. The zero-order valence-corrected chi connectivity index (χ0v) is 19.4. The minimum Gasteiger partial charge on any atom is -0.399 e. The van der Waals surface area contributed by atoms with E-state index in [2.05, 4.69) is 15.5 Å². The van der Waals surface area contributed by atoms with Gasteiger partial charge in [-0.2, -0.15) is 18.3 Å². The van der Waals surface area contributed by atoms with Gasteiger partial charge in [0.05, 0.1) is 26.9 Å². The van der Waals surface area contributed by atoms with Crippen molar-refractivity contribution in [3.8, 4) is 0 Å². The number of carbonyl (C=O) groups excluding carboxylic acids is 1. The van der Waals surface area contributed by atoms with Gasteiger partial charge in [-0.3, -0.25) is 4.79 Å². The predicted molar refractivity (Wildman–Crippen MR) is 123 cm³/mol. The van der Waals surface area contributed by atoms with Gasteiger partial charge in [0.25, 0.3) is 0 Å². The van der Waals surface area contributed by atoms with Crippen molar-refractivity contribution in [2.75, 3.05) is 24.3 Å². The standard InChI is InChI=1S/C23H25F3N4O2S/c1-12(14-8-15(23(24,25)26)10-16(27)9-14)28-21-17-11-18(33-19(17)13(2)29-30-21)20(31)22(3)4-6-32-7-5-22/h8-12H,4-7,27H2,1-3H3,(H,28,30)/t12-/m1/s1. The van der Waals surface area contributed by atoms with Crippen molar-refractivity contribution in [2.24, 2.45) is 5.41 Å². The van der Waals surface area contributed by atoms with Crippen LogP contribution in [-0.2, 0) is 10.9 Å². The molecule has 3 aromatic rings. The summed E-state index contributed by atoms with van der Waals surface area (Å²) in [6, 6.07) is 4.76. The fraction of sp³-hybridized carbons (Fsp3) is 0.435. The Morgan fingerprint density at radius 3 is 2.58 bits per heavy atom. The second kappa shape index (κ2) is 8.57. The van der Waals surface area contributed by atoms with Gasteiger partial charge in [-0.25, -0.2) is 0 Å². The van der Waals surface area contributed by atoms with Crippen molar-refractivity contribution in [1.82, 2.24) is 10.2 Å². The third-order valence-corrected chi connectivity index (χ3v) is 7.38. The lowest BCUT2D eigenvalue weighted by atomic mass is 9.78. The van der Waals surface area contributed by atoms with Crippen molar-refractivity contribution < 1.29 is 22.7 Å². The van der Waals surface area contributed by atoms with Gasteiger partial charge in [-0.1, -0.05) is 6.92 Å². The maximum atomic E-state index is 13.3. The van der Waals surface area contributed by atoms with E-state index < -0.39 is 23.2 Å². The molecule has 1 fully saturated rings. The number of Topliss-reactive ketones (excluding diaryl/α,β-unsaturated/α-hetero) is 1. The first-order valence-corrected chi connectivity index (χ1v) is 11.4. The summed E-state index contributed by atoms with van der Waals surface area (Å²) in [6.07, 6.45) is -3.17. The topological polar surface area (TPSA) is 90.1 Å². The molecule has 0 saturated carbocycles. The monoisotopic (exact) mass is 478 g/mol. The Labute approximate surface area is 193 Å². The fourth-order valence-corrected chi connectivity index (χ4v) is 5.19. The number of hydrogen-bond donors (Lipinski definition) is 2. The normalized spacial score (nSPS) is 17.2. The first-order chi connectivity index (χ1) is 15.5. The predicted octanol–water partition coefficient (Wildman–Crippen LogP) is 5.77. The van der Waals surface area contributed by atoms with E-state index in [0.717, 1.165) is 22.2 Å². The molecule has 0 radical (unpaired) electrons. The lowest BCUT2D eigenvalue weighted by molar-refractivity contribution is -0.137. The van der Waals surface area contributed by atoms with Gasteiger partial charge in [0.15, 0.2) is 11.6 Å². The molecule has 6 nitrogen and oxygen atoms in total. The van der Waals surface area contributed by atoms with Gasteiger partial charge in [0.1, 0.15) is 0 Å². The molecule has 176 valence electrons. The van der Waals surface area contributed by atoms with Crippen molar-refractivity contribution in [3.63, 3.8) is 0 Å². The Morgan fingerprint density at radius 1 is 1.21 bits per heavy atom. The van der Waals surface area contributed by atoms with Crippen LogP contribution < -0.4 is 11.1 Å². The Kier molecular flexibility index (Phi) is 6.09. The number of nitrogens with one attached hydrogen (secondary N) is 1. The van der Waals surface area contributed by atoms with Crippen LogP contribution in [0.4, 0.5) is 24.7 Å². The van der Waals surface area contributed by atoms with Crippen molar-refractivity contribution in [3.05, 3.63) is 46.0 Å². The zero-order valence-electron chi connectivity index (χ0n) is 18.5. The number of aryl methyl sites for hydroxylation is 1. The van der Waals surface area contributed by atoms with Gasteiger partial charge in [0.2, 0.25) is 0 Å². The molecule has 10 heteroatoms. The number of hydrogen-bond acceptors (Lipinski definition) is 7. The molecule has 1 aromatic carbocycles. The third kappa shape index (κ3) is 4.67. The number of halogens is 3. The van der Waals surface area contributed by atoms with Crippen LogP contribution in [0.2, 0.25) is 0 Å². The van der Waals surface area contributed by atoms with Crippen LogP contribution in [0.15, 0.2) is 24.3 Å². The molecule has 0 amide bonds. The Hall–Kier alpha value is -2.72. The van der Waals surface area contributed by atoms with Crippen LogP contribution in [0.1, 0.15) is 59.2 Å². The van der Waals surface area contributed by atoms with Crippen molar-refractivity contribution in [2.45, 2.75) is 45.8 Å². The number of alkyl halides is 3. The van der Waals surface area contributed by atoms with E-state index in [1.165, 1.54) is 17.4 Å². The summed E-state index contributed by atoms with van der Waals surface area (Å²) in [5.74, 6) is 0.475. The number of anilines is 2. The quantitative estimate of drug-likeness (QED) is 0.357. The maximum absolute atomic E-state index is 13.3. The summed E-state index contributed by atoms with van der Waals surface area (Å²) in [5.41, 5.74) is 5.52. The first-order valence-electron chi connectivity index (χ1n) is 10.6. The number of thiophene rings is 1. The van der Waals surface area contributed by atoms with Gasteiger partial charge >= 0.3 is 6.18 Å². The SMILES string of the molecule is Cc1nnc(N[C@H](C)c2cc(N)cc(C(F)(F)F)c2)c2cc(C(=O)C3(C)CCOCC3)sc12. The van der Waals surface area contributed by atoms with Crippen LogP contribution in [0, 0.1) is 12.3 Å². The first kappa shape index (κ1) is 23.4. The summed E-state index contributed by atoms with van der Waals surface area (Å²) in [7, 11) is 0. The highest BCUT2D eigenvalue weighted by molar-refractivity contribution is 7.21. The van der Waals surface area contributed by atoms with Gasteiger partial charge in [-0.15, -0.1) is 16.4 Å². The van der Waals surface area contributed by atoms with Gasteiger partial charge in [-0.05, 0) is 56.5 Å². The zero-order chi connectivity index (χ0) is 24.0. The molecule has 0 aliphatic carbocycles. The molecule has 1 aliphatic heterocycles. The van der Waals surface area contributed by atoms with Crippen molar-refractivity contribution in [1.29, 1.82) is 0 Å². The molecule has 0 spiro atoms. The van der Waals surface area contributed by atoms with Crippen LogP contribution in [-0.4, -0.2) is 29.2 Å². The smallest absolute Gasteiger partial charge is 0.399 e. The van der Waals surface area contributed by atoms with Crippen LogP contribution >= 0.6 is 11.3 Å². The Morgan fingerprint density at radius 2 is 1.91 bits per heavy atom. The molecule has 3 heterocycles. The second-order valence-electron chi connectivity index (χ2n) is 8.74. The van der Waals surface area contributed by atoms with E-state index in [4.69, 9.17) is 10.5 Å². The van der Waals surface area contributed by atoms with Gasteiger partial charge in [0, 0.05) is 29.7 Å². The van der Waals surface area contributed by atoms with E-state index in [1.54, 1.807) is 13.0 Å². The highest BCUT2D eigenvalue weighted by atomic mass is 32.1. The number of fused-ring (bicyclic) bond motifs is 1. The highest BCUT2D eigenvalue weighted by Crippen LogP contribution is 2.40. The van der Waals surface area contributed by atoms with E-state index in [9.17, 15) is 18.0 Å². The number of aromatic nitrogens is 2. The van der Waals surface area contributed by atoms with E-state index in [0.29, 0.717) is 48.0 Å². The average Bonchev–Trinajstić information content (AvgIpc) is 3.21. The molecule has 1 atom stereocenters. The lowest BCUT2D eigenvalue weighted by Gasteiger charge is -2.31. The number of benzene rings is 1. The summed E-state index contributed by atoms with van der Waals surface area (Å²) >= 11 is 1.37. The van der Waals surface area contributed by atoms with Crippen LogP contribution in [0.3, 0.4) is 0 Å². The van der Waals surface area contributed by atoms with E-state index in [1.807, 2.05) is 13.8 Å². The highest BCUT2D eigenvalue weighted by Gasteiger charge is 2.37. The molecular formula is C23H25F3N4O2S. The average molecular weight is 479 g/mol. The van der Waals surface area contributed by atoms with E-state index in [-0.39, 0.29) is 11.5 Å². The molecule has 0 unspecified atom stereocenters. The second-order valence-corrected chi connectivity index (χ2v) is 9.79. The number of nitrogen functional groups attached to an aromatic ring is 1. The molecule has 1 aliphatic rings. The minimum atomic E-state index is -4.50. The summed E-state index contributed by atoms with van der Waals surface area (Å²) in [5, 5.41) is 12.3. The van der Waals surface area contributed by atoms with Crippen LogP contribution in [0.25, 0.3) is 10.1 Å². The largest absolute Gasteiger partial charge is 0.416 e. The van der Waals surface area contributed by atoms with Crippen molar-refractivity contribution >= 4 is 38.7 Å². The molecule has 4 rings (SSSR count). The summed E-state index contributed by atoms with van der Waals surface area (Å²) in [4.78, 5) is 13.9. The van der Waals surface area contributed by atoms with Crippen LogP contribution in [0.5, 0.6) is 0 Å². The molecule has 0 bridgehead atoms. The fourth-order valence-electron chi connectivity index (χ4n) is 4.00. The molecule has 3 N–H and O–H groups in total. The molecule has 33 heavy (non-hydrogen) atoms. The number of nitrogens with zero attached hydrogens (tertiary/aromatic N) is 2. The Balaban J connectivity index is 1.67. The molecular weight excluding hydrogens is 453 g/mol. The number of ether oxygens (including phenoxy) is 1. The summed E-state index contributed by atoms with van der Waals surface area (Å²) in [6.45, 7) is 6.62. The lowest BCUT2D eigenvalue weighted by Crippen LogP contribution is -2.34. The van der Waals surface area contributed by atoms with Gasteiger partial charge < -0.3 is 15.8 Å².